The topological polar surface area (TPSA) is 42.7 Å². The van der Waals surface area contributed by atoms with E-state index in [2.05, 4.69) is 18.7 Å². The van der Waals surface area contributed by atoms with E-state index in [9.17, 15) is 4.79 Å². The van der Waals surface area contributed by atoms with Gasteiger partial charge in [0.05, 0.1) is 0 Å². The minimum Gasteiger partial charge on any atom is -0.492 e. The summed E-state index contributed by atoms with van der Waals surface area (Å²) < 4.78 is 10.9. The molecule has 0 radical (unpaired) electrons. The number of aryl methyl sites for hydroxylation is 1. The second kappa shape index (κ2) is 6.57. The predicted octanol–water partition coefficient (Wildman–Crippen LogP) is 2.82. The van der Waals surface area contributed by atoms with Crippen molar-refractivity contribution in [2.75, 3.05) is 26.2 Å². The van der Waals surface area contributed by atoms with E-state index >= 15 is 0 Å². The van der Waals surface area contributed by atoms with Crippen LogP contribution in [-0.2, 0) is 0 Å². The van der Waals surface area contributed by atoms with E-state index in [0.717, 1.165) is 36.3 Å². The highest BCUT2D eigenvalue weighted by atomic mass is 16.5. The van der Waals surface area contributed by atoms with Gasteiger partial charge in [-0.1, -0.05) is 13.8 Å². The molecule has 0 N–H and O–H groups in total. The zero-order chi connectivity index (χ0) is 14.5. The molecule has 108 valence electrons. The highest BCUT2D eigenvalue weighted by Crippen LogP contribution is 2.22. The molecule has 4 nitrogen and oxygen atoms in total. The van der Waals surface area contributed by atoms with E-state index in [-0.39, 0.29) is 5.63 Å². The van der Waals surface area contributed by atoms with Crippen LogP contribution in [-0.4, -0.2) is 31.1 Å². The quantitative estimate of drug-likeness (QED) is 0.760. The summed E-state index contributed by atoms with van der Waals surface area (Å²) in [6.07, 6.45) is 0. The Morgan fingerprint density at radius 3 is 2.65 bits per heavy atom. The molecule has 0 fully saturated rings. The number of hydrogen-bond donors (Lipinski definition) is 0. The molecule has 1 aromatic heterocycles. The summed E-state index contributed by atoms with van der Waals surface area (Å²) in [6.45, 7) is 9.73. The summed E-state index contributed by atoms with van der Waals surface area (Å²) >= 11 is 0. The lowest BCUT2D eigenvalue weighted by atomic mass is 10.1. The van der Waals surface area contributed by atoms with Gasteiger partial charge >= 0.3 is 5.63 Å². The highest BCUT2D eigenvalue weighted by molar-refractivity contribution is 5.81. The van der Waals surface area contributed by atoms with Gasteiger partial charge in [-0.25, -0.2) is 4.79 Å². The van der Waals surface area contributed by atoms with Crippen LogP contribution in [0.5, 0.6) is 5.75 Å². The lowest BCUT2D eigenvalue weighted by Crippen LogP contribution is -2.27. The average molecular weight is 275 g/mol. The van der Waals surface area contributed by atoms with Gasteiger partial charge in [-0.15, -0.1) is 0 Å². The number of hydrogen-bond acceptors (Lipinski definition) is 4. The van der Waals surface area contributed by atoms with Crippen LogP contribution < -0.4 is 10.4 Å². The van der Waals surface area contributed by atoms with Crippen molar-refractivity contribution in [3.8, 4) is 5.75 Å². The molecule has 4 heteroatoms. The summed E-state index contributed by atoms with van der Waals surface area (Å²) in [5, 5.41) is 0.945. The molecule has 0 aliphatic rings. The third-order valence-electron chi connectivity index (χ3n) is 3.49. The van der Waals surface area contributed by atoms with E-state index in [4.69, 9.17) is 9.15 Å². The second-order valence-electron chi connectivity index (χ2n) is 4.78. The van der Waals surface area contributed by atoms with Gasteiger partial charge in [0.1, 0.15) is 17.9 Å². The number of benzene rings is 1. The average Bonchev–Trinajstić information content (AvgIpc) is 2.43. The Balaban J connectivity index is 2.10. The first-order valence-electron chi connectivity index (χ1n) is 7.03. The SMILES string of the molecule is CCN(CC)CCOc1ccc2c(C)cc(=O)oc2c1. The molecule has 0 unspecified atom stereocenters. The van der Waals surface area contributed by atoms with Crippen molar-refractivity contribution in [2.24, 2.45) is 0 Å². The first kappa shape index (κ1) is 14.6. The largest absolute Gasteiger partial charge is 0.492 e. The molecule has 0 saturated heterocycles. The van der Waals surface area contributed by atoms with Crippen molar-refractivity contribution in [3.63, 3.8) is 0 Å². The lowest BCUT2D eigenvalue weighted by Gasteiger charge is -2.18. The molecule has 0 saturated carbocycles. The zero-order valence-electron chi connectivity index (χ0n) is 12.3. The molecule has 20 heavy (non-hydrogen) atoms. The summed E-state index contributed by atoms with van der Waals surface area (Å²) in [5.41, 5.74) is 1.18. The second-order valence-corrected chi connectivity index (χ2v) is 4.78. The van der Waals surface area contributed by atoms with Crippen molar-refractivity contribution in [2.45, 2.75) is 20.8 Å². The van der Waals surface area contributed by atoms with Crippen LogP contribution in [0.4, 0.5) is 0 Å². The standard InChI is InChI=1S/C16H21NO3/c1-4-17(5-2)8-9-19-13-6-7-14-12(3)10-16(18)20-15(14)11-13/h6-7,10-11H,4-5,8-9H2,1-3H3. The van der Waals surface area contributed by atoms with E-state index < -0.39 is 0 Å². The van der Waals surface area contributed by atoms with Crippen LogP contribution >= 0.6 is 0 Å². The van der Waals surface area contributed by atoms with Crippen molar-refractivity contribution in [1.29, 1.82) is 0 Å². The minimum absolute atomic E-state index is 0.324. The van der Waals surface area contributed by atoms with E-state index in [1.54, 1.807) is 6.07 Å². The number of rotatable bonds is 6. The van der Waals surface area contributed by atoms with Gasteiger partial charge in [-0.2, -0.15) is 0 Å². The van der Waals surface area contributed by atoms with Gasteiger partial charge in [-0.05, 0) is 37.7 Å². The summed E-state index contributed by atoms with van der Waals surface area (Å²) in [7, 11) is 0. The van der Waals surface area contributed by atoms with E-state index in [0.29, 0.717) is 12.2 Å². The normalized spacial score (nSPS) is 11.2. The van der Waals surface area contributed by atoms with E-state index in [1.807, 2.05) is 19.1 Å². The third-order valence-corrected chi connectivity index (χ3v) is 3.49. The Bertz CT molecular complexity index is 629. The molecule has 2 aromatic rings. The number of fused-ring (bicyclic) bond motifs is 1. The monoisotopic (exact) mass is 275 g/mol. The molecule has 0 spiro atoms. The molecule has 0 aliphatic heterocycles. The van der Waals surface area contributed by atoms with Gasteiger partial charge in [0.15, 0.2) is 0 Å². The molecule has 2 rings (SSSR count). The van der Waals surface area contributed by atoms with Gasteiger partial charge in [-0.3, -0.25) is 0 Å². The van der Waals surface area contributed by atoms with Crippen molar-refractivity contribution in [3.05, 3.63) is 40.2 Å². The minimum atomic E-state index is -0.324. The Morgan fingerprint density at radius 2 is 1.95 bits per heavy atom. The van der Waals surface area contributed by atoms with Crippen molar-refractivity contribution < 1.29 is 9.15 Å². The maximum atomic E-state index is 11.4. The van der Waals surface area contributed by atoms with Gasteiger partial charge in [0.2, 0.25) is 0 Å². The van der Waals surface area contributed by atoms with Crippen LogP contribution in [0.1, 0.15) is 19.4 Å². The predicted molar refractivity (Wildman–Crippen MR) is 80.5 cm³/mol. The van der Waals surface area contributed by atoms with Crippen LogP contribution in [0.3, 0.4) is 0 Å². The molecule has 0 amide bonds. The molecule has 0 atom stereocenters. The maximum absolute atomic E-state index is 11.4. The van der Waals surface area contributed by atoms with Gasteiger partial charge in [0, 0.05) is 24.1 Å². The van der Waals surface area contributed by atoms with Gasteiger partial charge < -0.3 is 14.1 Å². The fraction of sp³-hybridized carbons (Fsp3) is 0.438. The first-order valence-corrected chi connectivity index (χ1v) is 7.03. The lowest BCUT2D eigenvalue weighted by molar-refractivity contribution is 0.223. The Kier molecular flexibility index (Phi) is 4.79. The van der Waals surface area contributed by atoms with E-state index in [1.165, 1.54) is 6.07 Å². The Hall–Kier alpha value is -1.81. The molecule has 0 bridgehead atoms. The number of nitrogens with zero attached hydrogens (tertiary/aromatic N) is 1. The smallest absolute Gasteiger partial charge is 0.336 e. The van der Waals surface area contributed by atoms with Crippen LogP contribution in [0, 0.1) is 6.92 Å². The molecule has 0 aliphatic carbocycles. The summed E-state index contributed by atoms with van der Waals surface area (Å²) in [5.74, 6) is 0.735. The Labute approximate surface area is 119 Å². The van der Waals surface area contributed by atoms with Crippen LogP contribution in [0.2, 0.25) is 0 Å². The van der Waals surface area contributed by atoms with Crippen molar-refractivity contribution in [1.82, 2.24) is 4.90 Å². The summed E-state index contributed by atoms with van der Waals surface area (Å²) in [4.78, 5) is 13.7. The molecular weight excluding hydrogens is 254 g/mol. The molecule has 1 aromatic carbocycles. The highest BCUT2D eigenvalue weighted by Gasteiger charge is 2.05. The molecular formula is C16H21NO3. The zero-order valence-corrected chi connectivity index (χ0v) is 12.3. The maximum Gasteiger partial charge on any atom is 0.336 e. The fourth-order valence-corrected chi connectivity index (χ4v) is 2.23. The molecule has 1 heterocycles. The number of likely N-dealkylation sites (N-methyl/N-ethyl adjacent to an activating group) is 1. The third kappa shape index (κ3) is 3.39. The van der Waals surface area contributed by atoms with Crippen LogP contribution in [0.15, 0.2) is 33.5 Å². The van der Waals surface area contributed by atoms with Crippen LogP contribution in [0.25, 0.3) is 11.0 Å². The fourth-order valence-electron chi connectivity index (χ4n) is 2.23. The summed E-state index contributed by atoms with van der Waals surface area (Å²) in [6, 6.07) is 7.13. The van der Waals surface area contributed by atoms with Gasteiger partial charge in [0.25, 0.3) is 0 Å². The first-order chi connectivity index (χ1) is 9.63. The Morgan fingerprint density at radius 1 is 1.20 bits per heavy atom. The number of ether oxygens (including phenoxy) is 1. The van der Waals surface area contributed by atoms with Crippen molar-refractivity contribution >= 4 is 11.0 Å².